The summed E-state index contributed by atoms with van der Waals surface area (Å²) in [6.07, 6.45) is 0. The monoisotopic (exact) mass is 170 g/mol. The zero-order valence-corrected chi connectivity index (χ0v) is 8.37. The molecule has 0 amide bonds. The first-order valence-electron chi connectivity index (χ1n) is 3.93. The Kier molecular flexibility index (Phi) is 4.97. The Bertz CT molecular complexity index is 216. The maximum Gasteiger partial charge on any atom is 0.0408 e. The molecule has 0 spiro atoms. The average molecular weight is 171 g/mol. The molecule has 1 aromatic rings. The lowest BCUT2D eigenvalue weighted by molar-refractivity contribution is 1.34. The van der Waals surface area contributed by atoms with Crippen LogP contribution < -0.4 is 0 Å². The van der Waals surface area contributed by atoms with Gasteiger partial charge in [-0.15, -0.1) is 0 Å². The van der Waals surface area contributed by atoms with Crippen LogP contribution >= 0.6 is 11.6 Å². The van der Waals surface area contributed by atoms with Crippen LogP contribution in [0.1, 0.15) is 25.0 Å². The van der Waals surface area contributed by atoms with Crippen LogP contribution in [0.25, 0.3) is 0 Å². The summed E-state index contributed by atoms with van der Waals surface area (Å²) in [6, 6.07) is 5.90. The highest BCUT2D eigenvalue weighted by atomic mass is 35.5. The molecular formula is C10H15Cl. The third-order valence-corrected chi connectivity index (χ3v) is 1.70. The van der Waals surface area contributed by atoms with Gasteiger partial charge in [-0.05, 0) is 37.1 Å². The Morgan fingerprint density at radius 2 is 1.55 bits per heavy atom. The topological polar surface area (TPSA) is 0 Å². The third-order valence-electron chi connectivity index (χ3n) is 1.47. The molecule has 0 nitrogen and oxygen atoms in total. The van der Waals surface area contributed by atoms with Crippen LogP contribution in [0.2, 0.25) is 5.02 Å². The minimum atomic E-state index is 0.818. The molecule has 0 aromatic heterocycles. The van der Waals surface area contributed by atoms with Crippen LogP contribution in [0, 0.1) is 13.8 Å². The number of rotatable bonds is 0. The number of hydrogen-bond acceptors (Lipinski definition) is 0. The molecule has 0 bridgehead atoms. The summed E-state index contributed by atoms with van der Waals surface area (Å²) in [6.45, 7) is 8.13. The van der Waals surface area contributed by atoms with Gasteiger partial charge in [0, 0.05) is 5.02 Å². The van der Waals surface area contributed by atoms with Gasteiger partial charge in [0.2, 0.25) is 0 Å². The molecule has 1 rings (SSSR count). The van der Waals surface area contributed by atoms with Crippen LogP contribution in [0.4, 0.5) is 0 Å². The maximum absolute atomic E-state index is 5.72. The molecule has 0 aliphatic heterocycles. The van der Waals surface area contributed by atoms with Gasteiger partial charge >= 0.3 is 0 Å². The summed E-state index contributed by atoms with van der Waals surface area (Å²) in [7, 11) is 0. The van der Waals surface area contributed by atoms with Crippen molar-refractivity contribution >= 4 is 11.6 Å². The Balaban J connectivity index is 0.000000461. The second kappa shape index (κ2) is 5.20. The molecule has 0 aliphatic rings. The van der Waals surface area contributed by atoms with Crippen LogP contribution in [0.3, 0.4) is 0 Å². The van der Waals surface area contributed by atoms with E-state index in [-0.39, 0.29) is 0 Å². The lowest BCUT2D eigenvalue weighted by Gasteiger charge is -1.97. The van der Waals surface area contributed by atoms with Crippen molar-refractivity contribution < 1.29 is 0 Å². The van der Waals surface area contributed by atoms with E-state index in [9.17, 15) is 0 Å². The van der Waals surface area contributed by atoms with Crippen molar-refractivity contribution in [2.45, 2.75) is 27.7 Å². The molecule has 0 saturated heterocycles. The summed E-state index contributed by atoms with van der Waals surface area (Å²) in [4.78, 5) is 0. The van der Waals surface area contributed by atoms with E-state index in [0.29, 0.717) is 0 Å². The highest BCUT2D eigenvalue weighted by Gasteiger charge is 1.90. The van der Waals surface area contributed by atoms with E-state index in [1.54, 1.807) is 0 Å². The third kappa shape index (κ3) is 3.43. The predicted molar refractivity (Wildman–Crippen MR) is 52.3 cm³/mol. The van der Waals surface area contributed by atoms with E-state index in [1.165, 1.54) is 11.1 Å². The van der Waals surface area contributed by atoms with Gasteiger partial charge in [-0.3, -0.25) is 0 Å². The first kappa shape index (κ1) is 10.5. The van der Waals surface area contributed by atoms with E-state index < -0.39 is 0 Å². The second-order valence-electron chi connectivity index (χ2n) is 2.23. The number of hydrogen-bond donors (Lipinski definition) is 0. The number of benzene rings is 1. The Morgan fingerprint density at radius 3 is 1.91 bits per heavy atom. The normalized spacial score (nSPS) is 8.45. The zero-order chi connectivity index (χ0) is 8.85. The van der Waals surface area contributed by atoms with Crippen molar-refractivity contribution in [2.24, 2.45) is 0 Å². The first-order valence-corrected chi connectivity index (χ1v) is 4.30. The second-order valence-corrected chi connectivity index (χ2v) is 2.67. The quantitative estimate of drug-likeness (QED) is 0.553. The zero-order valence-electron chi connectivity index (χ0n) is 7.61. The Hall–Kier alpha value is -0.490. The molecule has 0 unspecified atom stereocenters. The van der Waals surface area contributed by atoms with Crippen LogP contribution in [0.5, 0.6) is 0 Å². The molecule has 0 radical (unpaired) electrons. The highest BCUT2D eigenvalue weighted by molar-refractivity contribution is 6.30. The van der Waals surface area contributed by atoms with E-state index in [1.807, 2.05) is 32.0 Å². The van der Waals surface area contributed by atoms with E-state index in [0.717, 1.165) is 5.02 Å². The fourth-order valence-electron chi connectivity index (χ4n) is 0.705. The molecule has 0 N–H and O–H groups in total. The molecule has 1 heteroatoms. The van der Waals surface area contributed by atoms with Gasteiger partial charge in [0.25, 0.3) is 0 Å². The predicted octanol–water partition coefficient (Wildman–Crippen LogP) is 3.98. The van der Waals surface area contributed by atoms with E-state index in [4.69, 9.17) is 11.6 Å². The van der Waals surface area contributed by atoms with Crippen molar-refractivity contribution in [3.63, 3.8) is 0 Å². The molecule has 0 saturated carbocycles. The van der Waals surface area contributed by atoms with E-state index in [2.05, 4.69) is 13.8 Å². The lowest BCUT2D eigenvalue weighted by Crippen LogP contribution is -1.77. The fraction of sp³-hybridized carbons (Fsp3) is 0.400. The van der Waals surface area contributed by atoms with Gasteiger partial charge in [-0.2, -0.15) is 0 Å². The average Bonchev–Trinajstić information content (AvgIpc) is 2.02. The van der Waals surface area contributed by atoms with Gasteiger partial charge in [-0.25, -0.2) is 0 Å². The number of halogens is 1. The van der Waals surface area contributed by atoms with Crippen molar-refractivity contribution in [1.29, 1.82) is 0 Å². The molecule has 0 aliphatic carbocycles. The van der Waals surface area contributed by atoms with Crippen LogP contribution in [-0.4, -0.2) is 0 Å². The SMILES string of the molecule is CC.Cc1ccc(Cl)cc1C. The lowest BCUT2D eigenvalue weighted by atomic mass is 10.1. The smallest absolute Gasteiger partial charge is 0.0408 e. The van der Waals surface area contributed by atoms with Crippen molar-refractivity contribution in [3.8, 4) is 0 Å². The van der Waals surface area contributed by atoms with Crippen LogP contribution in [-0.2, 0) is 0 Å². The molecule has 1 aromatic carbocycles. The summed E-state index contributed by atoms with van der Waals surface area (Å²) < 4.78 is 0. The summed E-state index contributed by atoms with van der Waals surface area (Å²) in [5, 5.41) is 0.818. The molecular weight excluding hydrogens is 156 g/mol. The molecule has 11 heavy (non-hydrogen) atoms. The Morgan fingerprint density at radius 1 is 1.00 bits per heavy atom. The minimum Gasteiger partial charge on any atom is -0.0843 e. The first-order chi connectivity index (χ1) is 5.20. The van der Waals surface area contributed by atoms with Gasteiger partial charge in [0.1, 0.15) is 0 Å². The van der Waals surface area contributed by atoms with Gasteiger partial charge in [0.15, 0.2) is 0 Å². The van der Waals surface area contributed by atoms with Crippen molar-refractivity contribution in [1.82, 2.24) is 0 Å². The van der Waals surface area contributed by atoms with Gasteiger partial charge in [0.05, 0.1) is 0 Å². The molecule has 62 valence electrons. The van der Waals surface area contributed by atoms with Crippen LogP contribution in [0.15, 0.2) is 18.2 Å². The summed E-state index contributed by atoms with van der Waals surface area (Å²) in [5.74, 6) is 0. The van der Waals surface area contributed by atoms with Crippen molar-refractivity contribution in [2.75, 3.05) is 0 Å². The highest BCUT2D eigenvalue weighted by Crippen LogP contribution is 2.13. The molecule has 0 atom stereocenters. The maximum atomic E-state index is 5.72. The minimum absolute atomic E-state index is 0.818. The van der Waals surface area contributed by atoms with E-state index >= 15 is 0 Å². The van der Waals surface area contributed by atoms with Gasteiger partial charge in [-0.1, -0.05) is 31.5 Å². The Labute approximate surface area is 74.2 Å². The fourth-order valence-corrected chi connectivity index (χ4v) is 0.931. The molecule has 0 fully saturated rings. The van der Waals surface area contributed by atoms with Crippen molar-refractivity contribution in [3.05, 3.63) is 34.3 Å². The largest absolute Gasteiger partial charge is 0.0843 e. The van der Waals surface area contributed by atoms with Gasteiger partial charge < -0.3 is 0 Å². The summed E-state index contributed by atoms with van der Waals surface area (Å²) in [5.41, 5.74) is 2.54. The number of aryl methyl sites for hydroxylation is 2. The standard InChI is InChI=1S/C8H9Cl.C2H6/c1-6-3-4-8(9)5-7(6)2;1-2/h3-5H,1-2H3;1-2H3. The molecule has 0 heterocycles. The summed E-state index contributed by atoms with van der Waals surface area (Å²) >= 11 is 5.72.